The molecule has 1 radical (unpaired) electrons. The molecule has 125 valence electrons. The molecule has 1 aliphatic carbocycles. The summed E-state index contributed by atoms with van der Waals surface area (Å²) in [7, 11) is 1.61. The van der Waals surface area contributed by atoms with Gasteiger partial charge in [-0.2, -0.15) is 0 Å². The smallest absolute Gasteiger partial charge is 0.330 e. The van der Waals surface area contributed by atoms with Crippen molar-refractivity contribution in [2.45, 2.75) is 44.3 Å². The van der Waals surface area contributed by atoms with Crippen molar-refractivity contribution in [1.82, 2.24) is 9.87 Å². The number of nitrogens with zero attached hydrogens (tertiary/aromatic N) is 2. The van der Waals surface area contributed by atoms with Gasteiger partial charge in [-0.25, -0.2) is 4.79 Å². The van der Waals surface area contributed by atoms with Crippen LogP contribution in [0.3, 0.4) is 0 Å². The Hall–Kier alpha value is -2.45. The van der Waals surface area contributed by atoms with E-state index in [9.17, 15) is 24.0 Å². The largest absolute Gasteiger partial charge is 0.336 e. The molecule has 1 saturated heterocycles. The molecule has 0 bridgehead atoms. The van der Waals surface area contributed by atoms with Crippen molar-refractivity contribution < 1.29 is 28.8 Å². The van der Waals surface area contributed by atoms with Crippen LogP contribution in [0.1, 0.15) is 38.5 Å². The van der Waals surface area contributed by atoms with Crippen LogP contribution in [0.15, 0.2) is 12.2 Å². The lowest BCUT2D eigenvalue weighted by atomic mass is 9.64. The third-order valence-corrected chi connectivity index (χ3v) is 4.50. The van der Waals surface area contributed by atoms with E-state index in [2.05, 4.69) is 0 Å². The van der Waals surface area contributed by atoms with Crippen LogP contribution in [0.4, 0.5) is 0 Å². The normalized spacial score (nSPS) is 27.2. The van der Waals surface area contributed by atoms with Crippen molar-refractivity contribution in [3.8, 4) is 0 Å². The summed E-state index contributed by atoms with van der Waals surface area (Å²) in [4.78, 5) is 64.1. The minimum Gasteiger partial charge on any atom is -0.330 e. The third kappa shape index (κ3) is 3.24. The number of hydrogen-bond acceptors (Lipinski definition) is 6. The predicted octanol–water partition coefficient (Wildman–Crippen LogP) is 0.116. The molecular weight excluding hydrogens is 315 g/mol. The van der Waals surface area contributed by atoms with Crippen molar-refractivity contribution in [1.29, 1.82) is 0 Å². The quantitative estimate of drug-likeness (QED) is 0.536. The van der Waals surface area contributed by atoms with Crippen LogP contribution in [0.5, 0.6) is 0 Å². The molecule has 2 heterocycles. The highest BCUT2D eigenvalue weighted by molar-refractivity contribution is 6.47. The lowest BCUT2D eigenvalue weighted by molar-refractivity contribution is -0.201. The van der Waals surface area contributed by atoms with Crippen molar-refractivity contribution >= 4 is 37.0 Å². The summed E-state index contributed by atoms with van der Waals surface area (Å²) >= 11 is 0. The Bertz CT molecular complexity index is 604. The molecule has 0 aromatic heterocycles. The molecule has 0 aromatic carbocycles. The average molecular weight is 331 g/mol. The fraction of sp³-hybridized carbons (Fsp3) is 0.533. The topological polar surface area (TPSA) is 101 Å². The van der Waals surface area contributed by atoms with Gasteiger partial charge in [0.1, 0.15) is 0 Å². The van der Waals surface area contributed by atoms with E-state index in [1.807, 2.05) is 0 Å². The van der Waals surface area contributed by atoms with E-state index in [4.69, 9.17) is 4.84 Å². The number of carbonyl (C=O) groups is 5. The zero-order valence-electron chi connectivity index (χ0n) is 13.0. The summed E-state index contributed by atoms with van der Waals surface area (Å²) in [5, 5.41) is 0.563. The molecule has 9 heteroatoms. The Kier molecular flexibility index (Phi) is 4.50. The van der Waals surface area contributed by atoms with Gasteiger partial charge < -0.3 is 9.65 Å². The summed E-state index contributed by atoms with van der Waals surface area (Å²) in [6.07, 6.45) is 4.87. The second kappa shape index (κ2) is 6.58. The number of imide groups is 2. The summed E-state index contributed by atoms with van der Waals surface area (Å²) in [6, 6.07) is 0. The highest BCUT2D eigenvalue weighted by Crippen LogP contribution is 2.34. The maximum atomic E-state index is 12.1. The predicted molar refractivity (Wildman–Crippen MR) is 79.6 cm³/mol. The zero-order chi connectivity index (χ0) is 17.3. The Morgan fingerprint density at radius 2 is 1.50 bits per heavy atom. The van der Waals surface area contributed by atoms with Crippen LogP contribution in [0.2, 0.25) is 5.82 Å². The van der Waals surface area contributed by atoms with Crippen molar-refractivity contribution in [3.05, 3.63) is 12.2 Å². The molecular formula is C15H16BN2O6. The Labute approximate surface area is 139 Å². The van der Waals surface area contributed by atoms with Gasteiger partial charge in [-0.15, -0.1) is 5.06 Å². The fourth-order valence-electron chi connectivity index (χ4n) is 3.10. The average Bonchev–Trinajstić information content (AvgIpc) is 3.05. The van der Waals surface area contributed by atoms with Crippen molar-refractivity contribution in [3.63, 3.8) is 0 Å². The van der Waals surface area contributed by atoms with Crippen LogP contribution < -0.4 is 0 Å². The second-order valence-corrected chi connectivity index (χ2v) is 6.13. The van der Waals surface area contributed by atoms with Gasteiger partial charge in [0.15, 0.2) is 0 Å². The van der Waals surface area contributed by atoms with Crippen LogP contribution >= 0.6 is 0 Å². The van der Waals surface area contributed by atoms with Gasteiger partial charge in [0.05, 0.1) is 5.92 Å². The molecule has 2 fully saturated rings. The van der Waals surface area contributed by atoms with Gasteiger partial charge in [-0.3, -0.25) is 19.2 Å². The van der Waals surface area contributed by atoms with E-state index in [1.54, 1.807) is 7.41 Å². The number of rotatable bonds is 4. The molecule has 0 aromatic rings. The molecule has 0 N–H and O–H groups in total. The summed E-state index contributed by atoms with van der Waals surface area (Å²) in [6.45, 7) is 0. The van der Waals surface area contributed by atoms with Gasteiger partial charge in [-0.1, -0.05) is 12.8 Å². The molecule has 3 rings (SSSR count). The first-order valence-electron chi connectivity index (χ1n) is 7.93. The van der Waals surface area contributed by atoms with Crippen LogP contribution in [-0.4, -0.2) is 46.9 Å². The molecule has 0 unspecified atom stereocenters. The number of amides is 4. The molecule has 0 spiro atoms. The van der Waals surface area contributed by atoms with Gasteiger partial charge in [-0.05, 0) is 18.7 Å². The van der Waals surface area contributed by atoms with Crippen LogP contribution in [-0.2, 0) is 28.8 Å². The van der Waals surface area contributed by atoms with Crippen LogP contribution in [0.25, 0.3) is 0 Å². The molecule has 8 nitrogen and oxygen atoms in total. The van der Waals surface area contributed by atoms with Gasteiger partial charge >= 0.3 is 5.97 Å². The Morgan fingerprint density at radius 1 is 0.958 bits per heavy atom. The number of hydrogen-bond donors (Lipinski definition) is 0. The van der Waals surface area contributed by atoms with E-state index < -0.39 is 17.8 Å². The number of hydroxylamine groups is 2. The first kappa shape index (κ1) is 16.4. The molecule has 2 aliphatic heterocycles. The highest BCUT2D eigenvalue weighted by Gasteiger charge is 2.37. The molecule has 4 amide bonds. The first-order chi connectivity index (χ1) is 11.5. The maximum absolute atomic E-state index is 12.1. The summed E-state index contributed by atoms with van der Waals surface area (Å²) < 4.78 is 0. The lowest BCUT2D eigenvalue weighted by Gasteiger charge is -2.29. The first-order valence-corrected chi connectivity index (χ1v) is 7.93. The minimum absolute atomic E-state index is 0.0249. The van der Waals surface area contributed by atoms with E-state index in [1.165, 1.54) is 12.2 Å². The van der Waals surface area contributed by atoms with Gasteiger partial charge in [0.25, 0.3) is 19.2 Å². The van der Waals surface area contributed by atoms with Gasteiger partial charge in [0.2, 0.25) is 11.8 Å². The third-order valence-electron chi connectivity index (χ3n) is 4.50. The van der Waals surface area contributed by atoms with E-state index in [0.717, 1.165) is 4.81 Å². The minimum atomic E-state index is -0.577. The lowest BCUT2D eigenvalue weighted by Crippen LogP contribution is -2.38. The van der Waals surface area contributed by atoms with E-state index in [-0.39, 0.29) is 36.4 Å². The number of carbonyl (C=O) groups excluding carboxylic acids is 5. The monoisotopic (exact) mass is 331 g/mol. The fourth-order valence-corrected chi connectivity index (χ4v) is 3.10. The van der Waals surface area contributed by atoms with E-state index in [0.29, 0.717) is 30.7 Å². The molecule has 3 aliphatic rings. The summed E-state index contributed by atoms with van der Waals surface area (Å²) in [5.74, 6) is -2.63. The van der Waals surface area contributed by atoms with Gasteiger partial charge in [0, 0.05) is 25.0 Å². The van der Waals surface area contributed by atoms with Crippen molar-refractivity contribution in [2.75, 3.05) is 0 Å². The standard InChI is InChI=1S/C15H16BN2O6/c19-11-5-6-12(20)17(11)16-10-3-1-9(2-4-10)15(23)24-18-13(21)7-8-14(18)22/h5-6,9-10H,1-4,7-8H2. The second-order valence-electron chi connectivity index (χ2n) is 6.13. The summed E-state index contributed by atoms with van der Waals surface area (Å²) in [5.41, 5.74) is 0. The molecule has 1 saturated carbocycles. The Balaban J connectivity index is 1.47. The molecule has 24 heavy (non-hydrogen) atoms. The van der Waals surface area contributed by atoms with Crippen LogP contribution in [0, 0.1) is 5.92 Å². The molecule has 0 atom stereocenters. The van der Waals surface area contributed by atoms with E-state index >= 15 is 0 Å². The highest BCUT2D eigenvalue weighted by atomic mass is 16.7. The SMILES string of the molecule is O=C(ON1C(=O)CCC1=O)C1CCC([B]N2C(=O)C=CC2=O)CC1. The van der Waals surface area contributed by atoms with Crippen molar-refractivity contribution in [2.24, 2.45) is 5.92 Å². The maximum Gasteiger partial charge on any atom is 0.336 e. The Morgan fingerprint density at radius 3 is 2.04 bits per heavy atom. The zero-order valence-corrected chi connectivity index (χ0v) is 13.0.